The molecule has 3 aromatic rings. The van der Waals surface area contributed by atoms with Crippen molar-refractivity contribution in [3.8, 4) is 17.2 Å². The van der Waals surface area contributed by atoms with E-state index in [4.69, 9.17) is 19.9 Å². The van der Waals surface area contributed by atoms with Gasteiger partial charge in [0.15, 0.2) is 12.1 Å². The number of nitrogens with two attached hydrogens (primary N) is 1. The fraction of sp³-hybridized carbons (Fsp3) is 0.353. The topological polar surface area (TPSA) is 230 Å². The number of methoxy groups -OCH3 is 1. The van der Waals surface area contributed by atoms with Crippen LogP contribution < -0.4 is 15.9 Å². The molecule has 1 heterocycles. The maximum Gasteiger partial charge on any atom is 0.271 e. The molecule has 0 aromatic heterocycles. The number of aliphatic hydroxyl groups is 3. The molecule has 1 fully saturated rings. The Morgan fingerprint density at radius 1 is 1.06 bits per heavy atom. The van der Waals surface area contributed by atoms with E-state index in [0.29, 0.717) is 0 Å². The number of nitrogens with one attached hydrogen (secondary N) is 1. The minimum absolute atomic E-state index is 0.00350. The summed E-state index contributed by atoms with van der Waals surface area (Å²) < 4.78 is 17.4. The molecule has 0 radical (unpaired) electrons. The Morgan fingerprint density at radius 3 is 2.44 bits per heavy atom. The second-order valence-corrected chi connectivity index (χ2v) is 12.1. The van der Waals surface area contributed by atoms with Gasteiger partial charge in [-0.25, -0.2) is 5.43 Å². The van der Waals surface area contributed by atoms with Crippen molar-refractivity contribution in [2.45, 2.75) is 62.4 Å². The quantitative estimate of drug-likeness (QED) is 0.0842. The number of hydrogen-bond donors (Lipinski definition) is 7. The lowest BCUT2D eigenvalue weighted by Gasteiger charge is -2.43. The zero-order chi connectivity index (χ0) is 34.5. The van der Waals surface area contributed by atoms with Crippen molar-refractivity contribution in [1.82, 2.24) is 5.43 Å². The summed E-state index contributed by atoms with van der Waals surface area (Å²) in [7, 11) is 1.33. The number of hydrazone groups is 1. The van der Waals surface area contributed by atoms with Crippen LogP contribution in [0.1, 0.15) is 79.2 Å². The molecule has 0 bridgehead atoms. The van der Waals surface area contributed by atoms with E-state index in [1.165, 1.54) is 25.3 Å². The highest BCUT2D eigenvalue weighted by Gasteiger charge is 2.49. The van der Waals surface area contributed by atoms with E-state index < -0.39 is 95.8 Å². The smallest absolute Gasteiger partial charge is 0.271 e. The van der Waals surface area contributed by atoms with Gasteiger partial charge in [0.25, 0.3) is 5.91 Å². The second-order valence-electron chi connectivity index (χ2n) is 12.1. The van der Waals surface area contributed by atoms with Gasteiger partial charge < -0.3 is 45.5 Å². The standard InChI is InChI=1S/C34H35N3O11/c1-15-28(39)19(35)11-23(47-15)48-21-13-34(45,22(14-38)36-37-33(44)16-7-4-3-5-8-16)12-18-25(21)32(43)27-26(30(18)41)29(40)17-9-6-10-20(46-2)24(17)31(27)42/h3-10,15,19,21,23,28,38-39,41,43,45H,11-14,35H2,1-2H3,(H,37,44)/b36-22+/t15?,19?,21-,23?,28?,34-/m0/s1. The van der Waals surface area contributed by atoms with E-state index >= 15 is 0 Å². The summed E-state index contributed by atoms with van der Waals surface area (Å²) in [4.78, 5) is 40.4. The van der Waals surface area contributed by atoms with Crippen molar-refractivity contribution in [3.05, 3.63) is 87.5 Å². The predicted octanol–water partition coefficient (Wildman–Crippen LogP) is 1.22. The first kappa shape index (κ1) is 33.2. The molecule has 14 heteroatoms. The number of aromatic hydroxyl groups is 2. The number of phenolic OH excluding ortho intramolecular Hbond substituents is 2. The molecule has 2 aliphatic carbocycles. The van der Waals surface area contributed by atoms with Crippen LogP contribution in [0.3, 0.4) is 0 Å². The average Bonchev–Trinajstić information content (AvgIpc) is 3.07. The Labute approximate surface area is 274 Å². The second kappa shape index (κ2) is 12.7. The fourth-order valence-electron chi connectivity index (χ4n) is 6.67. The van der Waals surface area contributed by atoms with Gasteiger partial charge in [0, 0.05) is 47.6 Å². The van der Waals surface area contributed by atoms with Gasteiger partial charge in [-0.15, -0.1) is 0 Å². The summed E-state index contributed by atoms with van der Waals surface area (Å²) in [5, 5.41) is 60.2. The molecule has 1 saturated heterocycles. The summed E-state index contributed by atoms with van der Waals surface area (Å²) in [5.41, 5.74) is 4.90. The van der Waals surface area contributed by atoms with Crippen molar-refractivity contribution in [2.75, 3.05) is 13.7 Å². The van der Waals surface area contributed by atoms with Gasteiger partial charge >= 0.3 is 0 Å². The summed E-state index contributed by atoms with van der Waals surface area (Å²) in [6.45, 7) is 0.746. The maximum atomic E-state index is 13.9. The van der Waals surface area contributed by atoms with Crippen LogP contribution in [0.5, 0.6) is 17.2 Å². The maximum absolute atomic E-state index is 13.9. The molecule has 6 rings (SSSR count). The van der Waals surface area contributed by atoms with E-state index in [1.54, 1.807) is 37.3 Å². The summed E-state index contributed by atoms with van der Waals surface area (Å²) >= 11 is 0. The van der Waals surface area contributed by atoms with Gasteiger partial charge in [-0.05, 0) is 25.1 Å². The molecule has 48 heavy (non-hydrogen) atoms. The molecule has 6 atom stereocenters. The SMILES string of the molecule is COc1cccc2c1C(=O)c1c(O)c3c(c(O)c1C2=O)C[C@@](O)(/C(CO)=N/NC(=O)c1ccccc1)C[C@@H]3OC1CC(N)C(O)C(C)O1. The van der Waals surface area contributed by atoms with E-state index in [-0.39, 0.29) is 45.7 Å². The number of phenols is 2. The van der Waals surface area contributed by atoms with Gasteiger partial charge in [-0.3, -0.25) is 14.4 Å². The van der Waals surface area contributed by atoms with Crippen molar-refractivity contribution < 1.29 is 54.1 Å². The van der Waals surface area contributed by atoms with Crippen LogP contribution in [0, 0.1) is 0 Å². The first-order valence-electron chi connectivity index (χ1n) is 15.3. The summed E-state index contributed by atoms with van der Waals surface area (Å²) in [6.07, 6.45) is -5.10. The van der Waals surface area contributed by atoms with E-state index in [0.717, 1.165) is 0 Å². The molecule has 3 aromatic carbocycles. The van der Waals surface area contributed by atoms with Crippen LogP contribution in [0.25, 0.3) is 0 Å². The zero-order valence-electron chi connectivity index (χ0n) is 26.0. The highest BCUT2D eigenvalue weighted by atomic mass is 16.7. The van der Waals surface area contributed by atoms with Crippen molar-refractivity contribution >= 4 is 23.2 Å². The average molecular weight is 662 g/mol. The lowest BCUT2D eigenvalue weighted by atomic mass is 9.71. The Morgan fingerprint density at radius 2 is 1.77 bits per heavy atom. The van der Waals surface area contributed by atoms with Crippen LogP contribution in [-0.4, -0.2) is 92.6 Å². The van der Waals surface area contributed by atoms with Crippen molar-refractivity contribution in [2.24, 2.45) is 10.8 Å². The minimum atomic E-state index is -2.13. The number of rotatable bonds is 7. The molecular weight excluding hydrogens is 626 g/mol. The highest BCUT2D eigenvalue weighted by molar-refractivity contribution is 6.31. The number of amides is 1. The number of carbonyl (C=O) groups is 3. The molecule has 0 saturated carbocycles. The number of benzene rings is 3. The largest absolute Gasteiger partial charge is 0.507 e. The van der Waals surface area contributed by atoms with E-state index in [1.807, 2.05) is 0 Å². The van der Waals surface area contributed by atoms with Crippen LogP contribution in [-0.2, 0) is 15.9 Å². The Bertz CT molecular complexity index is 1820. The van der Waals surface area contributed by atoms with E-state index in [2.05, 4.69) is 10.5 Å². The van der Waals surface area contributed by atoms with Gasteiger partial charge in [-0.1, -0.05) is 30.3 Å². The van der Waals surface area contributed by atoms with Crippen LogP contribution >= 0.6 is 0 Å². The highest BCUT2D eigenvalue weighted by Crippen LogP contribution is 2.52. The Balaban J connectivity index is 1.47. The number of aliphatic hydroxyl groups excluding tert-OH is 2. The lowest BCUT2D eigenvalue weighted by Crippen LogP contribution is -2.53. The monoisotopic (exact) mass is 661 g/mol. The van der Waals surface area contributed by atoms with Gasteiger partial charge in [0.2, 0.25) is 5.78 Å². The minimum Gasteiger partial charge on any atom is -0.507 e. The number of hydrogen-bond acceptors (Lipinski definition) is 13. The molecule has 1 amide bonds. The van der Waals surface area contributed by atoms with Gasteiger partial charge in [0.1, 0.15) is 22.8 Å². The molecule has 252 valence electrons. The third-order valence-corrected chi connectivity index (χ3v) is 9.16. The third-order valence-electron chi connectivity index (χ3n) is 9.16. The first-order chi connectivity index (χ1) is 22.9. The third kappa shape index (κ3) is 5.51. The van der Waals surface area contributed by atoms with Crippen LogP contribution in [0.15, 0.2) is 53.6 Å². The number of fused-ring (bicyclic) bond motifs is 3. The Hall–Kier alpha value is -4.70. The molecular formula is C34H35N3O11. The molecule has 3 aliphatic rings. The molecule has 4 unspecified atom stereocenters. The molecule has 14 nitrogen and oxygen atoms in total. The molecule has 8 N–H and O–H groups in total. The van der Waals surface area contributed by atoms with Crippen LogP contribution in [0.2, 0.25) is 0 Å². The zero-order valence-corrected chi connectivity index (χ0v) is 26.0. The molecule has 0 spiro atoms. The number of ketones is 2. The fourth-order valence-corrected chi connectivity index (χ4v) is 6.67. The van der Waals surface area contributed by atoms with E-state index in [9.17, 15) is 39.9 Å². The lowest BCUT2D eigenvalue weighted by molar-refractivity contribution is -0.245. The summed E-state index contributed by atoms with van der Waals surface area (Å²) in [5.74, 6) is -3.43. The number of nitrogens with zero attached hydrogens (tertiary/aromatic N) is 1. The number of carbonyl (C=O) groups excluding carboxylic acids is 3. The van der Waals surface area contributed by atoms with Crippen molar-refractivity contribution in [3.63, 3.8) is 0 Å². The normalized spacial score (nSPS) is 26.7. The predicted molar refractivity (Wildman–Crippen MR) is 168 cm³/mol. The number of ether oxygens (including phenoxy) is 3. The van der Waals surface area contributed by atoms with Gasteiger partial charge in [0.05, 0.1) is 54.4 Å². The van der Waals surface area contributed by atoms with Crippen molar-refractivity contribution in [1.29, 1.82) is 0 Å². The summed E-state index contributed by atoms with van der Waals surface area (Å²) in [6, 6.07) is 11.7. The Kier molecular flexibility index (Phi) is 8.80. The first-order valence-corrected chi connectivity index (χ1v) is 15.3. The van der Waals surface area contributed by atoms with Gasteiger partial charge in [-0.2, -0.15) is 5.10 Å². The van der Waals surface area contributed by atoms with Crippen LogP contribution in [0.4, 0.5) is 0 Å². The molecule has 1 aliphatic heterocycles.